The molecule has 2 aromatic carbocycles. The van der Waals surface area contributed by atoms with E-state index in [-0.39, 0.29) is 11.3 Å². The number of fused-ring (bicyclic) bond motifs is 1. The predicted molar refractivity (Wildman–Crippen MR) is 110 cm³/mol. The third-order valence-corrected chi connectivity index (χ3v) is 4.91. The molecule has 5 nitrogen and oxygen atoms in total. The molecular formula is C23H25N3O2. The van der Waals surface area contributed by atoms with Gasteiger partial charge >= 0.3 is 0 Å². The average Bonchev–Trinajstić information content (AvgIpc) is 3.27. The van der Waals surface area contributed by atoms with Crippen molar-refractivity contribution in [2.45, 2.75) is 45.3 Å². The fraction of sp³-hybridized carbons (Fsp3) is 0.304. The van der Waals surface area contributed by atoms with Crippen molar-refractivity contribution in [3.8, 4) is 5.75 Å². The SMILES string of the molecule is CC(C)(C)c1cc(NC(=O)[C@H]2Cc3ccccc3O2)n(Cc2ccccc2)n1. The number of ether oxygens (including phenoxy) is 1. The second kappa shape index (κ2) is 7.15. The lowest BCUT2D eigenvalue weighted by Gasteiger charge is -2.14. The molecule has 144 valence electrons. The summed E-state index contributed by atoms with van der Waals surface area (Å²) in [6, 6.07) is 19.9. The van der Waals surface area contributed by atoms with Crippen molar-refractivity contribution in [1.29, 1.82) is 0 Å². The van der Waals surface area contributed by atoms with Gasteiger partial charge in [0.05, 0.1) is 12.2 Å². The summed E-state index contributed by atoms with van der Waals surface area (Å²) in [5, 5.41) is 7.79. The Morgan fingerprint density at radius 2 is 1.86 bits per heavy atom. The molecule has 2 heterocycles. The van der Waals surface area contributed by atoms with Crippen LogP contribution in [0.5, 0.6) is 5.75 Å². The van der Waals surface area contributed by atoms with Crippen LogP contribution in [0.3, 0.4) is 0 Å². The molecule has 0 radical (unpaired) electrons. The van der Waals surface area contributed by atoms with E-state index < -0.39 is 6.10 Å². The molecule has 0 fully saturated rings. The standard InChI is InChI=1S/C23H25N3O2/c1-23(2,3)20-14-21(26(25-20)15-16-9-5-4-6-10-16)24-22(27)19-13-17-11-7-8-12-18(17)28-19/h4-12,14,19H,13,15H2,1-3H3,(H,24,27)/t19-/m1/s1. The van der Waals surface area contributed by atoms with Crippen LogP contribution in [-0.2, 0) is 23.2 Å². The summed E-state index contributed by atoms with van der Waals surface area (Å²) in [7, 11) is 0. The van der Waals surface area contributed by atoms with Crippen LogP contribution in [0.2, 0.25) is 0 Å². The Hall–Kier alpha value is -3.08. The van der Waals surface area contributed by atoms with Gasteiger partial charge in [-0.1, -0.05) is 69.3 Å². The Labute approximate surface area is 165 Å². The van der Waals surface area contributed by atoms with Gasteiger partial charge in [0.2, 0.25) is 0 Å². The van der Waals surface area contributed by atoms with Gasteiger partial charge in [-0.25, -0.2) is 4.68 Å². The fourth-order valence-corrected chi connectivity index (χ4v) is 3.30. The van der Waals surface area contributed by atoms with Gasteiger partial charge in [-0.05, 0) is 17.2 Å². The lowest BCUT2D eigenvalue weighted by Crippen LogP contribution is -2.32. The molecule has 28 heavy (non-hydrogen) atoms. The van der Waals surface area contributed by atoms with Crippen molar-refractivity contribution in [2.75, 3.05) is 5.32 Å². The number of carbonyl (C=O) groups is 1. The fourth-order valence-electron chi connectivity index (χ4n) is 3.30. The molecule has 1 amide bonds. The van der Waals surface area contributed by atoms with E-state index in [2.05, 4.69) is 38.2 Å². The molecule has 3 aromatic rings. The van der Waals surface area contributed by atoms with E-state index in [4.69, 9.17) is 9.84 Å². The first-order valence-corrected chi connectivity index (χ1v) is 9.58. The monoisotopic (exact) mass is 375 g/mol. The molecule has 1 aliphatic heterocycles. The number of benzene rings is 2. The molecule has 1 aliphatic rings. The van der Waals surface area contributed by atoms with E-state index in [9.17, 15) is 4.79 Å². The summed E-state index contributed by atoms with van der Waals surface area (Å²) in [6.45, 7) is 6.94. The van der Waals surface area contributed by atoms with Gasteiger partial charge in [0.25, 0.3) is 5.91 Å². The van der Waals surface area contributed by atoms with Crippen LogP contribution in [0.25, 0.3) is 0 Å². The number of para-hydroxylation sites is 1. The zero-order chi connectivity index (χ0) is 19.7. The summed E-state index contributed by atoms with van der Waals surface area (Å²) in [4.78, 5) is 12.9. The van der Waals surface area contributed by atoms with Gasteiger partial charge in [0.15, 0.2) is 6.10 Å². The topological polar surface area (TPSA) is 56.1 Å². The summed E-state index contributed by atoms with van der Waals surface area (Å²) in [5.74, 6) is 1.33. The summed E-state index contributed by atoms with van der Waals surface area (Å²) >= 11 is 0. The van der Waals surface area contributed by atoms with Crippen molar-refractivity contribution >= 4 is 11.7 Å². The minimum absolute atomic E-state index is 0.110. The van der Waals surface area contributed by atoms with E-state index >= 15 is 0 Å². The second-order valence-corrected chi connectivity index (χ2v) is 8.22. The Morgan fingerprint density at radius 3 is 2.57 bits per heavy atom. The van der Waals surface area contributed by atoms with E-state index in [1.165, 1.54) is 0 Å². The van der Waals surface area contributed by atoms with Crippen molar-refractivity contribution in [3.63, 3.8) is 0 Å². The number of hydrogen-bond acceptors (Lipinski definition) is 3. The minimum Gasteiger partial charge on any atom is -0.480 e. The number of anilines is 1. The van der Waals surface area contributed by atoms with Crippen LogP contribution in [0.1, 0.15) is 37.6 Å². The number of aromatic nitrogens is 2. The Balaban J connectivity index is 1.56. The van der Waals surface area contributed by atoms with Gasteiger partial charge in [-0.15, -0.1) is 0 Å². The summed E-state index contributed by atoms with van der Waals surface area (Å²) in [6.07, 6.45) is 0.0663. The molecule has 5 heteroatoms. The first kappa shape index (κ1) is 18.3. The molecule has 1 aromatic heterocycles. The second-order valence-electron chi connectivity index (χ2n) is 8.22. The highest BCUT2D eigenvalue weighted by molar-refractivity contribution is 5.94. The number of nitrogens with one attached hydrogen (secondary N) is 1. The zero-order valence-corrected chi connectivity index (χ0v) is 16.5. The van der Waals surface area contributed by atoms with Gasteiger partial charge in [-0.3, -0.25) is 4.79 Å². The van der Waals surface area contributed by atoms with Crippen LogP contribution in [-0.4, -0.2) is 21.8 Å². The smallest absolute Gasteiger partial charge is 0.266 e. The van der Waals surface area contributed by atoms with Gasteiger partial charge in [0, 0.05) is 17.9 Å². The van der Waals surface area contributed by atoms with E-state index in [0.717, 1.165) is 22.6 Å². The molecule has 1 atom stereocenters. The number of hydrogen-bond donors (Lipinski definition) is 1. The van der Waals surface area contributed by atoms with E-state index in [0.29, 0.717) is 18.8 Å². The summed E-state index contributed by atoms with van der Waals surface area (Å²) in [5.41, 5.74) is 3.03. The molecule has 0 saturated heterocycles. The molecule has 0 saturated carbocycles. The first-order chi connectivity index (χ1) is 13.4. The van der Waals surface area contributed by atoms with Crippen LogP contribution in [0.4, 0.5) is 5.82 Å². The molecule has 0 unspecified atom stereocenters. The first-order valence-electron chi connectivity index (χ1n) is 9.58. The van der Waals surface area contributed by atoms with Crippen LogP contribution in [0, 0.1) is 0 Å². The van der Waals surface area contributed by atoms with Crippen molar-refractivity contribution in [3.05, 3.63) is 77.5 Å². The Bertz CT molecular complexity index is 962. The number of nitrogens with zero attached hydrogens (tertiary/aromatic N) is 2. The maximum atomic E-state index is 12.9. The van der Waals surface area contributed by atoms with Crippen LogP contribution < -0.4 is 10.1 Å². The van der Waals surface area contributed by atoms with Crippen LogP contribution in [0.15, 0.2) is 60.7 Å². The third-order valence-electron chi connectivity index (χ3n) is 4.91. The molecule has 1 N–H and O–H groups in total. The number of amides is 1. The zero-order valence-electron chi connectivity index (χ0n) is 16.5. The molecule has 0 aliphatic carbocycles. The largest absolute Gasteiger partial charge is 0.480 e. The van der Waals surface area contributed by atoms with Gasteiger partial charge in [-0.2, -0.15) is 5.10 Å². The molecular weight excluding hydrogens is 350 g/mol. The van der Waals surface area contributed by atoms with Crippen molar-refractivity contribution in [1.82, 2.24) is 9.78 Å². The van der Waals surface area contributed by atoms with Crippen molar-refractivity contribution < 1.29 is 9.53 Å². The maximum absolute atomic E-state index is 12.9. The van der Waals surface area contributed by atoms with Gasteiger partial charge in [0.1, 0.15) is 11.6 Å². The van der Waals surface area contributed by atoms with Crippen LogP contribution >= 0.6 is 0 Å². The quantitative estimate of drug-likeness (QED) is 0.745. The highest BCUT2D eigenvalue weighted by atomic mass is 16.5. The number of carbonyl (C=O) groups excluding carboxylic acids is 1. The minimum atomic E-state index is -0.518. The molecule has 0 bridgehead atoms. The highest BCUT2D eigenvalue weighted by Gasteiger charge is 2.30. The highest BCUT2D eigenvalue weighted by Crippen LogP contribution is 2.29. The maximum Gasteiger partial charge on any atom is 0.266 e. The molecule has 4 rings (SSSR count). The van der Waals surface area contributed by atoms with E-state index in [1.54, 1.807) is 0 Å². The lowest BCUT2D eigenvalue weighted by molar-refractivity contribution is -0.122. The Kier molecular flexibility index (Phi) is 4.67. The predicted octanol–water partition coefficient (Wildman–Crippen LogP) is 4.17. The molecule has 0 spiro atoms. The lowest BCUT2D eigenvalue weighted by atomic mass is 9.92. The third kappa shape index (κ3) is 3.79. The van der Waals surface area contributed by atoms with E-state index in [1.807, 2.05) is 53.2 Å². The Morgan fingerprint density at radius 1 is 1.14 bits per heavy atom. The van der Waals surface area contributed by atoms with Crippen molar-refractivity contribution in [2.24, 2.45) is 0 Å². The summed E-state index contributed by atoms with van der Waals surface area (Å²) < 4.78 is 7.69. The number of rotatable bonds is 4. The normalized spacial score (nSPS) is 15.8. The van der Waals surface area contributed by atoms with Gasteiger partial charge < -0.3 is 10.1 Å². The average molecular weight is 375 g/mol.